The molecule has 2 aromatic heterocycles. The van der Waals surface area contributed by atoms with Crippen molar-refractivity contribution >= 4 is 23.3 Å². The number of hydrogen-bond acceptors (Lipinski definition) is 4. The van der Waals surface area contributed by atoms with Gasteiger partial charge in [-0.15, -0.1) is 0 Å². The highest BCUT2D eigenvalue weighted by Gasteiger charge is 2.48. The zero-order valence-corrected chi connectivity index (χ0v) is 11.6. The van der Waals surface area contributed by atoms with Crippen molar-refractivity contribution < 1.29 is 22.4 Å². The zero-order chi connectivity index (χ0) is 16.1. The summed E-state index contributed by atoms with van der Waals surface area (Å²) in [4.78, 5) is 11.2. The maximum Gasteiger partial charge on any atom is 0.410 e. The Hall–Kier alpha value is -2.16. The van der Waals surface area contributed by atoms with Gasteiger partial charge in [-0.25, -0.2) is 4.68 Å². The molecule has 1 amide bonds. The van der Waals surface area contributed by atoms with Gasteiger partial charge in [-0.1, -0.05) is 11.6 Å². The van der Waals surface area contributed by atoms with Gasteiger partial charge in [0.15, 0.2) is 11.7 Å². The lowest BCUT2D eigenvalue weighted by atomic mass is 10.0. The molecule has 2 aromatic rings. The molecule has 3 heterocycles. The van der Waals surface area contributed by atoms with E-state index in [1.165, 1.54) is 6.26 Å². The average Bonchev–Trinajstić information content (AvgIpc) is 3.05. The van der Waals surface area contributed by atoms with Gasteiger partial charge < -0.3 is 15.5 Å². The highest BCUT2D eigenvalue weighted by atomic mass is 35.5. The molecule has 0 bridgehead atoms. The molecule has 118 valence electrons. The summed E-state index contributed by atoms with van der Waals surface area (Å²) in [7, 11) is 0. The summed E-state index contributed by atoms with van der Waals surface area (Å²) in [6.45, 7) is 0. The largest absolute Gasteiger partial charge is 0.467 e. The van der Waals surface area contributed by atoms with Gasteiger partial charge in [-0.2, -0.15) is 18.3 Å². The SMILES string of the molecule is NC(=O)c1nn2c(c1Cl)NC(c1ccco1)CC2C(F)(F)F. The Balaban J connectivity index is 2.10. The van der Waals surface area contributed by atoms with Crippen molar-refractivity contribution in [1.29, 1.82) is 0 Å². The number of nitrogens with zero attached hydrogens (tertiary/aromatic N) is 2. The highest BCUT2D eigenvalue weighted by Crippen LogP contribution is 2.46. The smallest absolute Gasteiger partial charge is 0.410 e. The van der Waals surface area contributed by atoms with Crippen molar-refractivity contribution in [2.24, 2.45) is 5.73 Å². The van der Waals surface area contributed by atoms with Crippen LogP contribution in [0.2, 0.25) is 5.02 Å². The van der Waals surface area contributed by atoms with Crippen molar-refractivity contribution in [2.75, 3.05) is 5.32 Å². The first-order valence-corrected chi connectivity index (χ1v) is 6.61. The number of furan rings is 1. The summed E-state index contributed by atoms with van der Waals surface area (Å²) in [6, 6.07) is 0.440. The Morgan fingerprint density at radius 2 is 2.27 bits per heavy atom. The number of nitrogens with one attached hydrogen (secondary N) is 1. The number of fused-ring (bicyclic) bond motifs is 1. The van der Waals surface area contributed by atoms with E-state index >= 15 is 0 Å². The van der Waals surface area contributed by atoms with Gasteiger partial charge in [0.05, 0.1) is 12.3 Å². The maximum absolute atomic E-state index is 13.3. The van der Waals surface area contributed by atoms with Crippen LogP contribution in [-0.4, -0.2) is 21.9 Å². The van der Waals surface area contributed by atoms with Crippen molar-refractivity contribution in [3.8, 4) is 0 Å². The second-order valence-corrected chi connectivity index (χ2v) is 5.20. The summed E-state index contributed by atoms with van der Waals surface area (Å²) in [5.41, 5.74) is 4.68. The van der Waals surface area contributed by atoms with E-state index in [1.54, 1.807) is 12.1 Å². The van der Waals surface area contributed by atoms with Crippen molar-refractivity contribution in [1.82, 2.24) is 9.78 Å². The van der Waals surface area contributed by atoms with E-state index in [2.05, 4.69) is 10.4 Å². The number of primary amides is 1. The van der Waals surface area contributed by atoms with Gasteiger partial charge in [0.1, 0.15) is 16.6 Å². The van der Waals surface area contributed by atoms with E-state index in [9.17, 15) is 18.0 Å². The standard InChI is InChI=1S/C12H10ClF3N4O2/c13-8-9(10(17)21)19-20-7(12(14,15)16)4-5(18-11(8)20)6-2-1-3-22-6/h1-3,5,7,18H,4H2,(H2,17,21). The second kappa shape index (κ2) is 4.94. The van der Waals surface area contributed by atoms with Crippen LogP contribution in [0.3, 0.4) is 0 Å². The lowest BCUT2D eigenvalue weighted by Crippen LogP contribution is -2.35. The molecule has 22 heavy (non-hydrogen) atoms. The third-order valence-electron chi connectivity index (χ3n) is 3.42. The van der Waals surface area contributed by atoms with Gasteiger partial charge >= 0.3 is 6.18 Å². The number of alkyl halides is 3. The van der Waals surface area contributed by atoms with Crippen LogP contribution in [0.25, 0.3) is 0 Å². The van der Waals surface area contributed by atoms with E-state index < -0.39 is 29.9 Å². The van der Waals surface area contributed by atoms with Gasteiger partial charge in [0.25, 0.3) is 5.91 Å². The Bertz CT molecular complexity index is 711. The molecule has 3 rings (SSSR count). The second-order valence-electron chi connectivity index (χ2n) is 4.83. The van der Waals surface area contributed by atoms with Crippen LogP contribution >= 0.6 is 11.6 Å². The molecule has 0 aromatic carbocycles. The minimum atomic E-state index is -4.56. The lowest BCUT2D eigenvalue weighted by Gasteiger charge is -2.32. The van der Waals surface area contributed by atoms with Gasteiger partial charge in [-0.05, 0) is 12.1 Å². The summed E-state index contributed by atoms with van der Waals surface area (Å²) in [5.74, 6) is -0.770. The maximum atomic E-state index is 13.3. The number of anilines is 1. The van der Waals surface area contributed by atoms with Gasteiger partial charge in [0, 0.05) is 6.42 Å². The number of nitrogens with two attached hydrogens (primary N) is 1. The first-order valence-electron chi connectivity index (χ1n) is 6.23. The van der Waals surface area contributed by atoms with E-state index in [-0.39, 0.29) is 17.3 Å². The van der Waals surface area contributed by atoms with Crippen LogP contribution in [0.5, 0.6) is 0 Å². The Morgan fingerprint density at radius 3 is 2.82 bits per heavy atom. The van der Waals surface area contributed by atoms with Crippen molar-refractivity contribution in [2.45, 2.75) is 24.7 Å². The molecule has 0 spiro atoms. The number of hydrogen-bond donors (Lipinski definition) is 2. The van der Waals surface area contributed by atoms with Crippen LogP contribution in [0.1, 0.15) is 34.8 Å². The molecule has 0 aliphatic carbocycles. The molecule has 0 saturated heterocycles. The molecular weight excluding hydrogens is 325 g/mol. The van der Waals surface area contributed by atoms with Crippen molar-refractivity contribution in [3.63, 3.8) is 0 Å². The molecule has 3 N–H and O–H groups in total. The molecule has 0 saturated carbocycles. The summed E-state index contributed by atoms with van der Waals surface area (Å²) >= 11 is 5.93. The third kappa shape index (κ3) is 2.31. The van der Waals surface area contributed by atoms with Gasteiger partial charge in [0.2, 0.25) is 0 Å². The first-order chi connectivity index (χ1) is 10.3. The Morgan fingerprint density at radius 1 is 1.55 bits per heavy atom. The fourth-order valence-electron chi connectivity index (χ4n) is 2.42. The molecule has 10 heteroatoms. The number of carbonyl (C=O) groups excluding carboxylic acids is 1. The third-order valence-corrected chi connectivity index (χ3v) is 3.77. The molecule has 2 unspecified atom stereocenters. The molecule has 0 fully saturated rings. The lowest BCUT2D eigenvalue weighted by molar-refractivity contribution is -0.174. The summed E-state index contributed by atoms with van der Waals surface area (Å²) < 4.78 is 45.7. The molecule has 0 radical (unpaired) electrons. The van der Waals surface area contributed by atoms with Crippen LogP contribution < -0.4 is 11.1 Å². The van der Waals surface area contributed by atoms with Crippen molar-refractivity contribution in [3.05, 3.63) is 34.9 Å². The molecule has 6 nitrogen and oxygen atoms in total. The minimum absolute atomic E-state index is 0.106. The number of halogens is 4. The molecular formula is C12H10ClF3N4O2. The monoisotopic (exact) mass is 334 g/mol. The summed E-state index contributed by atoms with van der Waals surface area (Å²) in [5, 5.41) is 6.18. The van der Waals surface area contributed by atoms with E-state index in [4.69, 9.17) is 21.8 Å². The zero-order valence-electron chi connectivity index (χ0n) is 10.9. The Kier molecular flexibility index (Phi) is 3.32. The average molecular weight is 335 g/mol. The fraction of sp³-hybridized carbons (Fsp3) is 0.333. The fourth-order valence-corrected chi connectivity index (χ4v) is 2.70. The van der Waals surface area contributed by atoms with E-state index in [0.29, 0.717) is 10.4 Å². The topological polar surface area (TPSA) is 86.1 Å². The first kappa shape index (κ1) is 14.8. The number of rotatable bonds is 2. The van der Waals surface area contributed by atoms with Crippen LogP contribution in [0.15, 0.2) is 22.8 Å². The number of amides is 1. The normalized spacial score (nSPS) is 21.3. The molecule has 1 aliphatic heterocycles. The highest BCUT2D eigenvalue weighted by molar-refractivity contribution is 6.36. The van der Waals surface area contributed by atoms with E-state index in [0.717, 1.165) is 0 Å². The van der Waals surface area contributed by atoms with Crippen LogP contribution in [-0.2, 0) is 0 Å². The van der Waals surface area contributed by atoms with E-state index in [1.807, 2.05) is 0 Å². The summed E-state index contributed by atoms with van der Waals surface area (Å²) in [6.07, 6.45) is -3.55. The molecule has 2 atom stereocenters. The number of aromatic nitrogens is 2. The van der Waals surface area contributed by atoms with Gasteiger partial charge in [-0.3, -0.25) is 4.79 Å². The predicted molar refractivity (Wildman–Crippen MR) is 70.5 cm³/mol. The number of carbonyl (C=O) groups is 1. The minimum Gasteiger partial charge on any atom is -0.467 e. The quantitative estimate of drug-likeness (QED) is 0.884. The molecule has 1 aliphatic rings. The predicted octanol–water partition coefficient (Wildman–Crippen LogP) is 2.89. The van der Waals surface area contributed by atoms with Crippen LogP contribution in [0, 0.1) is 0 Å². The van der Waals surface area contributed by atoms with Crippen LogP contribution in [0.4, 0.5) is 19.0 Å². The Labute approximate surface area is 127 Å².